The Morgan fingerprint density at radius 3 is 2.39 bits per heavy atom. The van der Waals surface area contributed by atoms with Gasteiger partial charge in [0.05, 0.1) is 12.4 Å². The van der Waals surface area contributed by atoms with Crippen molar-refractivity contribution in [2.24, 2.45) is 0 Å². The number of para-hydroxylation sites is 1. The number of anilines is 2. The largest absolute Gasteiger partial charge is 0.346 e. The van der Waals surface area contributed by atoms with Gasteiger partial charge in [-0.25, -0.2) is 14.4 Å². The normalized spacial score (nSPS) is 11.1. The number of halogens is 1. The molecule has 3 rings (SSSR count). The van der Waals surface area contributed by atoms with E-state index < -0.39 is 5.91 Å². The number of hydrogen-bond donors (Lipinski definition) is 2. The number of nitrogens with zero attached hydrogens (tertiary/aromatic N) is 2. The molecule has 28 heavy (non-hydrogen) atoms. The Hall–Kier alpha value is -3.28. The molecule has 0 fully saturated rings. The summed E-state index contributed by atoms with van der Waals surface area (Å²) in [6, 6.07) is 14.3. The molecule has 1 heterocycles. The summed E-state index contributed by atoms with van der Waals surface area (Å²) in [6.07, 6.45) is 2.91. The van der Waals surface area contributed by atoms with Gasteiger partial charge in [-0.05, 0) is 23.1 Å². The molecule has 0 atom stereocenters. The lowest BCUT2D eigenvalue weighted by molar-refractivity contribution is 0.0945. The first-order valence-electron chi connectivity index (χ1n) is 9.05. The third kappa shape index (κ3) is 4.71. The van der Waals surface area contributed by atoms with Gasteiger partial charge in [-0.15, -0.1) is 0 Å². The second kappa shape index (κ2) is 8.17. The smallest absolute Gasteiger partial charge is 0.271 e. The van der Waals surface area contributed by atoms with E-state index in [9.17, 15) is 9.18 Å². The minimum Gasteiger partial charge on any atom is -0.346 e. The van der Waals surface area contributed by atoms with Crippen molar-refractivity contribution in [3.8, 4) is 0 Å². The van der Waals surface area contributed by atoms with Gasteiger partial charge in [-0.1, -0.05) is 57.2 Å². The molecule has 0 unspecified atom stereocenters. The van der Waals surface area contributed by atoms with E-state index in [1.54, 1.807) is 18.2 Å². The molecule has 0 aliphatic heterocycles. The van der Waals surface area contributed by atoms with E-state index in [4.69, 9.17) is 0 Å². The first-order chi connectivity index (χ1) is 13.3. The highest BCUT2D eigenvalue weighted by Gasteiger charge is 2.18. The van der Waals surface area contributed by atoms with Crippen molar-refractivity contribution in [1.82, 2.24) is 15.3 Å². The molecule has 3 aromatic rings. The van der Waals surface area contributed by atoms with Crippen LogP contribution in [-0.2, 0) is 12.0 Å². The van der Waals surface area contributed by atoms with Crippen LogP contribution in [-0.4, -0.2) is 15.9 Å². The highest BCUT2D eigenvalue weighted by molar-refractivity contribution is 5.92. The number of carbonyl (C=O) groups is 1. The van der Waals surface area contributed by atoms with E-state index in [2.05, 4.69) is 47.4 Å². The number of hydrogen-bond acceptors (Lipinski definition) is 4. The van der Waals surface area contributed by atoms with Gasteiger partial charge < -0.3 is 10.6 Å². The molecule has 5 nitrogen and oxygen atoms in total. The summed E-state index contributed by atoms with van der Waals surface area (Å²) in [7, 11) is 0. The van der Waals surface area contributed by atoms with E-state index in [0.717, 1.165) is 11.3 Å². The highest BCUT2D eigenvalue weighted by Crippen LogP contribution is 2.30. The summed E-state index contributed by atoms with van der Waals surface area (Å²) in [5.74, 6) is -0.217. The van der Waals surface area contributed by atoms with Crippen molar-refractivity contribution in [2.75, 3.05) is 5.32 Å². The number of benzene rings is 2. The number of rotatable bonds is 5. The van der Waals surface area contributed by atoms with Crippen LogP contribution in [0.4, 0.5) is 15.9 Å². The van der Waals surface area contributed by atoms with E-state index in [0.29, 0.717) is 11.4 Å². The molecule has 0 bridgehead atoms. The predicted octanol–water partition coefficient (Wildman–Crippen LogP) is 4.59. The van der Waals surface area contributed by atoms with Crippen LogP contribution < -0.4 is 10.6 Å². The second-order valence-corrected chi connectivity index (χ2v) is 7.48. The Labute approximate surface area is 164 Å². The topological polar surface area (TPSA) is 66.9 Å². The maximum Gasteiger partial charge on any atom is 0.271 e. The van der Waals surface area contributed by atoms with Crippen molar-refractivity contribution < 1.29 is 9.18 Å². The molecule has 0 radical (unpaired) electrons. The third-order valence-corrected chi connectivity index (χ3v) is 4.28. The first-order valence-corrected chi connectivity index (χ1v) is 9.05. The van der Waals surface area contributed by atoms with Crippen LogP contribution in [0.25, 0.3) is 0 Å². The van der Waals surface area contributed by atoms with Gasteiger partial charge in [-0.2, -0.15) is 0 Å². The minimum atomic E-state index is -0.405. The fraction of sp³-hybridized carbons (Fsp3) is 0.227. The standard InChI is InChI=1S/C22H23FN4O/c1-22(2,3)16-9-5-7-11-18(16)27-20-14-24-19(13-25-20)21(28)26-12-15-8-4-6-10-17(15)23/h4-11,13-14H,12H2,1-3H3,(H,25,27)(H,26,28). The number of amides is 1. The Morgan fingerprint density at radius 2 is 1.71 bits per heavy atom. The molecular formula is C22H23FN4O. The number of aromatic nitrogens is 2. The Morgan fingerprint density at radius 1 is 1.00 bits per heavy atom. The highest BCUT2D eigenvalue weighted by atomic mass is 19.1. The van der Waals surface area contributed by atoms with E-state index in [1.807, 2.05) is 18.2 Å². The molecule has 0 aliphatic carbocycles. The molecule has 0 saturated carbocycles. The zero-order valence-electron chi connectivity index (χ0n) is 16.2. The van der Waals surface area contributed by atoms with Crippen LogP contribution in [0, 0.1) is 5.82 Å². The summed E-state index contributed by atoms with van der Waals surface area (Å²) in [5, 5.41) is 5.91. The summed E-state index contributed by atoms with van der Waals surface area (Å²) < 4.78 is 13.6. The van der Waals surface area contributed by atoms with Gasteiger partial charge in [0.1, 0.15) is 17.3 Å². The van der Waals surface area contributed by atoms with Gasteiger partial charge in [0.2, 0.25) is 0 Å². The van der Waals surface area contributed by atoms with E-state index >= 15 is 0 Å². The monoisotopic (exact) mass is 378 g/mol. The molecule has 1 aromatic heterocycles. The number of nitrogens with one attached hydrogen (secondary N) is 2. The molecule has 144 valence electrons. The van der Waals surface area contributed by atoms with Gasteiger partial charge >= 0.3 is 0 Å². The SMILES string of the molecule is CC(C)(C)c1ccccc1Nc1cnc(C(=O)NCc2ccccc2F)cn1. The fourth-order valence-electron chi connectivity index (χ4n) is 2.80. The van der Waals surface area contributed by atoms with E-state index in [-0.39, 0.29) is 23.5 Å². The summed E-state index contributed by atoms with van der Waals surface area (Å²) >= 11 is 0. The molecule has 6 heteroatoms. The average molecular weight is 378 g/mol. The van der Waals surface area contributed by atoms with E-state index in [1.165, 1.54) is 18.5 Å². The Balaban J connectivity index is 1.67. The summed E-state index contributed by atoms with van der Waals surface area (Å²) in [4.78, 5) is 20.7. The summed E-state index contributed by atoms with van der Waals surface area (Å²) in [5.41, 5.74) is 2.67. The maximum atomic E-state index is 13.6. The maximum absolute atomic E-state index is 13.6. The van der Waals surface area contributed by atoms with Gasteiger partial charge in [-0.3, -0.25) is 4.79 Å². The second-order valence-electron chi connectivity index (χ2n) is 7.48. The molecule has 0 spiro atoms. The molecule has 2 aromatic carbocycles. The molecule has 1 amide bonds. The average Bonchev–Trinajstić information content (AvgIpc) is 2.67. The lowest BCUT2D eigenvalue weighted by atomic mass is 9.86. The Bertz CT molecular complexity index is 965. The Kier molecular flexibility index (Phi) is 5.68. The van der Waals surface area contributed by atoms with Gasteiger partial charge in [0, 0.05) is 17.8 Å². The van der Waals surface area contributed by atoms with Crippen LogP contribution in [0.15, 0.2) is 60.9 Å². The van der Waals surface area contributed by atoms with Crippen molar-refractivity contribution in [3.05, 3.63) is 83.6 Å². The zero-order chi connectivity index (χ0) is 20.1. The number of carbonyl (C=O) groups excluding carboxylic acids is 1. The minimum absolute atomic E-state index is 0.0242. The third-order valence-electron chi connectivity index (χ3n) is 4.28. The van der Waals surface area contributed by atoms with Crippen LogP contribution in [0.1, 0.15) is 42.4 Å². The quantitative estimate of drug-likeness (QED) is 0.682. The lowest BCUT2D eigenvalue weighted by Gasteiger charge is -2.23. The van der Waals surface area contributed by atoms with Gasteiger partial charge in [0.15, 0.2) is 0 Å². The zero-order valence-corrected chi connectivity index (χ0v) is 16.2. The van der Waals surface area contributed by atoms with Crippen LogP contribution in [0.5, 0.6) is 0 Å². The molecule has 2 N–H and O–H groups in total. The lowest BCUT2D eigenvalue weighted by Crippen LogP contribution is -2.24. The molecule has 0 saturated heterocycles. The first kappa shape index (κ1) is 19.5. The van der Waals surface area contributed by atoms with Crippen molar-refractivity contribution in [2.45, 2.75) is 32.7 Å². The van der Waals surface area contributed by atoms with Crippen LogP contribution in [0.2, 0.25) is 0 Å². The summed E-state index contributed by atoms with van der Waals surface area (Å²) in [6.45, 7) is 6.51. The van der Waals surface area contributed by atoms with Crippen molar-refractivity contribution >= 4 is 17.4 Å². The predicted molar refractivity (Wildman–Crippen MR) is 108 cm³/mol. The van der Waals surface area contributed by atoms with Crippen LogP contribution in [0.3, 0.4) is 0 Å². The molecule has 0 aliphatic rings. The van der Waals surface area contributed by atoms with Crippen molar-refractivity contribution in [1.29, 1.82) is 0 Å². The van der Waals surface area contributed by atoms with Crippen molar-refractivity contribution in [3.63, 3.8) is 0 Å². The van der Waals surface area contributed by atoms with Crippen LogP contribution >= 0.6 is 0 Å². The molecular weight excluding hydrogens is 355 g/mol. The fourth-order valence-corrected chi connectivity index (χ4v) is 2.80. The van der Waals surface area contributed by atoms with Gasteiger partial charge in [0.25, 0.3) is 5.91 Å².